The number of aldehydes is 1. The number of benzene rings is 2. The summed E-state index contributed by atoms with van der Waals surface area (Å²) in [4.78, 5) is 24.6. The Balaban J connectivity index is 2.07. The highest BCUT2D eigenvalue weighted by Crippen LogP contribution is 2.37. The van der Waals surface area contributed by atoms with Gasteiger partial charge in [0.05, 0.1) is 17.7 Å². The van der Waals surface area contributed by atoms with Crippen LogP contribution in [-0.4, -0.2) is 12.2 Å². The SMILES string of the molecule is O=Cc1cccc2c1CCC(=O)N2Cc1cc(C(F)(F)F)cc(C(F)(F)F)c1. The van der Waals surface area contributed by atoms with Crippen LogP contribution in [0.15, 0.2) is 36.4 Å². The largest absolute Gasteiger partial charge is 0.416 e. The van der Waals surface area contributed by atoms with Crippen LogP contribution in [0.4, 0.5) is 32.0 Å². The zero-order valence-corrected chi connectivity index (χ0v) is 14.2. The number of alkyl halides is 6. The minimum Gasteiger partial charge on any atom is -0.308 e. The molecule has 0 aromatic heterocycles. The Morgan fingerprint density at radius 2 is 1.54 bits per heavy atom. The van der Waals surface area contributed by atoms with E-state index in [1.165, 1.54) is 18.2 Å². The molecule has 1 amide bonds. The van der Waals surface area contributed by atoms with Gasteiger partial charge in [-0.05, 0) is 41.8 Å². The first kappa shape index (κ1) is 19.9. The minimum absolute atomic E-state index is 0.00292. The summed E-state index contributed by atoms with van der Waals surface area (Å²) in [6.45, 7) is -0.471. The summed E-state index contributed by atoms with van der Waals surface area (Å²) >= 11 is 0. The number of anilines is 1. The molecule has 1 heterocycles. The van der Waals surface area contributed by atoms with E-state index < -0.39 is 35.9 Å². The Bertz CT molecular complexity index is 901. The van der Waals surface area contributed by atoms with Gasteiger partial charge in [-0.2, -0.15) is 26.3 Å². The first-order valence-electron chi connectivity index (χ1n) is 8.16. The Morgan fingerprint density at radius 3 is 2.07 bits per heavy atom. The van der Waals surface area contributed by atoms with Gasteiger partial charge in [-0.15, -0.1) is 0 Å². The molecular weight excluding hydrogens is 388 g/mol. The van der Waals surface area contributed by atoms with Gasteiger partial charge in [-0.25, -0.2) is 0 Å². The molecule has 9 heteroatoms. The molecule has 0 fully saturated rings. The van der Waals surface area contributed by atoms with Crippen LogP contribution in [0.5, 0.6) is 0 Å². The molecule has 3 nitrogen and oxygen atoms in total. The van der Waals surface area contributed by atoms with Crippen molar-refractivity contribution in [1.29, 1.82) is 0 Å². The number of hydrogen-bond donors (Lipinski definition) is 0. The first-order valence-corrected chi connectivity index (χ1v) is 8.16. The Hall–Kier alpha value is -2.84. The van der Waals surface area contributed by atoms with Crippen molar-refractivity contribution in [3.63, 3.8) is 0 Å². The average Bonchev–Trinajstić information content (AvgIpc) is 2.61. The van der Waals surface area contributed by atoms with Crippen molar-refractivity contribution in [2.45, 2.75) is 31.7 Å². The van der Waals surface area contributed by atoms with E-state index in [9.17, 15) is 35.9 Å². The molecule has 0 aliphatic carbocycles. The summed E-state index contributed by atoms with van der Waals surface area (Å²) in [6.07, 6.45) is -9.06. The fourth-order valence-corrected chi connectivity index (χ4v) is 3.20. The summed E-state index contributed by atoms with van der Waals surface area (Å²) < 4.78 is 78.3. The summed E-state index contributed by atoms with van der Waals surface area (Å²) in [5.74, 6) is -0.443. The zero-order valence-electron chi connectivity index (χ0n) is 14.2. The van der Waals surface area contributed by atoms with E-state index >= 15 is 0 Å². The lowest BCUT2D eigenvalue weighted by molar-refractivity contribution is -0.143. The van der Waals surface area contributed by atoms with Gasteiger partial charge in [0.1, 0.15) is 6.29 Å². The highest BCUT2D eigenvalue weighted by Gasteiger charge is 2.37. The molecule has 0 radical (unpaired) electrons. The van der Waals surface area contributed by atoms with E-state index in [2.05, 4.69) is 0 Å². The van der Waals surface area contributed by atoms with Crippen LogP contribution in [0.1, 0.15) is 39.0 Å². The molecule has 2 aromatic carbocycles. The van der Waals surface area contributed by atoms with Gasteiger partial charge < -0.3 is 4.90 Å². The van der Waals surface area contributed by atoms with Gasteiger partial charge in [0, 0.05) is 17.7 Å². The third kappa shape index (κ3) is 3.88. The van der Waals surface area contributed by atoms with Crippen LogP contribution in [0.2, 0.25) is 0 Å². The molecule has 0 saturated heterocycles. The van der Waals surface area contributed by atoms with Gasteiger partial charge in [0.25, 0.3) is 0 Å². The Kier molecular flexibility index (Phi) is 4.95. The first-order chi connectivity index (χ1) is 13.0. The summed E-state index contributed by atoms with van der Waals surface area (Å²) in [6, 6.07) is 5.78. The van der Waals surface area contributed by atoms with E-state index in [1.54, 1.807) is 0 Å². The van der Waals surface area contributed by atoms with Crippen LogP contribution in [0.25, 0.3) is 0 Å². The van der Waals surface area contributed by atoms with Gasteiger partial charge >= 0.3 is 12.4 Å². The third-order valence-corrected chi connectivity index (χ3v) is 4.48. The van der Waals surface area contributed by atoms with Crippen LogP contribution in [0, 0.1) is 0 Å². The lowest BCUT2D eigenvalue weighted by Gasteiger charge is -2.30. The lowest BCUT2D eigenvalue weighted by atomic mass is 9.95. The molecule has 0 atom stereocenters. The quantitative estimate of drug-likeness (QED) is 0.535. The summed E-state index contributed by atoms with van der Waals surface area (Å²) in [7, 11) is 0. The molecule has 0 N–H and O–H groups in total. The molecule has 2 aromatic rings. The minimum atomic E-state index is -4.97. The second-order valence-corrected chi connectivity index (χ2v) is 6.36. The number of carbonyl (C=O) groups is 2. The maximum Gasteiger partial charge on any atom is 0.416 e. The maximum absolute atomic E-state index is 13.0. The van der Waals surface area contributed by atoms with Crippen molar-refractivity contribution < 1.29 is 35.9 Å². The van der Waals surface area contributed by atoms with Crippen molar-refractivity contribution in [1.82, 2.24) is 0 Å². The molecule has 1 aliphatic heterocycles. The van der Waals surface area contributed by atoms with E-state index in [1.807, 2.05) is 0 Å². The highest BCUT2D eigenvalue weighted by molar-refractivity contribution is 5.98. The molecule has 0 saturated carbocycles. The second-order valence-electron chi connectivity index (χ2n) is 6.36. The van der Waals surface area contributed by atoms with E-state index in [4.69, 9.17) is 0 Å². The van der Waals surface area contributed by atoms with Crippen molar-refractivity contribution in [3.05, 3.63) is 64.2 Å². The fourth-order valence-electron chi connectivity index (χ4n) is 3.20. The van der Waals surface area contributed by atoms with Crippen LogP contribution in [0.3, 0.4) is 0 Å². The molecule has 148 valence electrons. The normalized spacial score (nSPS) is 14.8. The Morgan fingerprint density at radius 1 is 0.929 bits per heavy atom. The standard InChI is InChI=1S/C19H13F6NO2/c20-18(21,22)13-6-11(7-14(8-13)19(23,24)25)9-26-16-3-1-2-12(10-27)15(16)4-5-17(26)28/h1-3,6-8,10H,4-5,9H2. The number of amides is 1. The number of carbonyl (C=O) groups excluding carboxylic acids is 2. The fraction of sp³-hybridized carbons (Fsp3) is 0.263. The van der Waals surface area contributed by atoms with Crippen LogP contribution < -0.4 is 4.90 Å². The third-order valence-electron chi connectivity index (χ3n) is 4.48. The smallest absolute Gasteiger partial charge is 0.308 e. The van der Waals surface area contributed by atoms with Crippen molar-refractivity contribution >= 4 is 17.9 Å². The zero-order chi connectivity index (χ0) is 20.7. The van der Waals surface area contributed by atoms with Crippen molar-refractivity contribution in [3.8, 4) is 0 Å². The number of rotatable bonds is 3. The Labute approximate surface area is 155 Å². The van der Waals surface area contributed by atoms with Gasteiger partial charge in [-0.3, -0.25) is 9.59 Å². The molecule has 28 heavy (non-hydrogen) atoms. The van der Waals surface area contributed by atoms with Crippen LogP contribution >= 0.6 is 0 Å². The highest BCUT2D eigenvalue weighted by atomic mass is 19.4. The number of fused-ring (bicyclic) bond motifs is 1. The molecule has 0 unspecified atom stereocenters. The maximum atomic E-state index is 13.0. The van der Waals surface area contributed by atoms with E-state index in [-0.39, 0.29) is 24.5 Å². The predicted octanol–water partition coefficient (Wildman–Crippen LogP) is 5.02. The van der Waals surface area contributed by atoms with Crippen molar-refractivity contribution in [2.24, 2.45) is 0 Å². The van der Waals surface area contributed by atoms with Crippen LogP contribution in [-0.2, 0) is 30.1 Å². The molecule has 3 rings (SSSR count). The summed E-state index contributed by atoms with van der Waals surface area (Å²) in [5.41, 5.74) is -2.01. The van der Waals surface area contributed by atoms with E-state index in [0.717, 1.165) is 4.90 Å². The lowest BCUT2D eigenvalue weighted by Crippen LogP contribution is -2.35. The number of halogens is 6. The molecule has 1 aliphatic rings. The molecular formula is C19H13F6NO2. The van der Waals surface area contributed by atoms with Crippen molar-refractivity contribution in [2.75, 3.05) is 4.90 Å². The summed E-state index contributed by atoms with van der Waals surface area (Å²) in [5, 5.41) is 0. The number of nitrogens with zero attached hydrogens (tertiary/aromatic N) is 1. The van der Waals surface area contributed by atoms with Gasteiger partial charge in [-0.1, -0.05) is 12.1 Å². The second kappa shape index (κ2) is 6.96. The monoisotopic (exact) mass is 401 g/mol. The van der Waals surface area contributed by atoms with E-state index in [0.29, 0.717) is 35.2 Å². The van der Waals surface area contributed by atoms with Gasteiger partial charge in [0.15, 0.2) is 0 Å². The molecule has 0 bridgehead atoms. The topological polar surface area (TPSA) is 37.4 Å². The molecule has 0 spiro atoms. The van der Waals surface area contributed by atoms with Gasteiger partial charge in [0.2, 0.25) is 5.91 Å². The predicted molar refractivity (Wildman–Crippen MR) is 87.8 cm³/mol. The average molecular weight is 401 g/mol. The number of hydrogen-bond acceptors (Lipinski definition) is 2.